The minimum Gasteiger partial charge on any atom is -0.370 e. The Labute approximate surface area is 114 Å². The first-order valence-electron chi connectivity index (χ1n) is 6.00. The number of nitrogens with one attached hydrogen (secondary N) is 2. The van der Waals surface area contributed by atoms with E-state index in [9.17, 15) is 13.2 Å². The van der Waals surface area contributed by atoms with Crippen molar-refractivity contribution >= 4 is 17.3 Å². The van der Waals surface area contributed by atoms with E-state index in [4.69, 9.17) is 0 Å². The number of benzene rings is 1. The van der Waals surface area contributed by atoms with Crippen LogP contribution in [-0.2, 0) is 0 Å². The molecule has 0 aliphatic carbocycles. The SMILES string of the molecule is CCNc1ncnc(Nc2cc(F)cc(F)c2F)c1C. The van der Waals surface area contributed by atoms with Crippen molar-refractivity contribution in [3.05, 3.63) is 41.5 Å². The molecule has 1 heterocycles. The molecule has 1 aromatic carbocycles. The molecule has 0 aliphatic rings. The van der Waals surface area contributed by atoms with E-state index >= 15 is 0 Å². The lowest BCUT2D eigenvalue weighted by Gasteiger charge is -2.12. The summed E-state index contributed by atoms with van der Waals surface area (Å²) in [5.41, 5.74) is 0.310. The lowest BCUT2D eigenvalue weighted by molar-refractivity contribution is 0.498. The van der Waals surface area contributed by atoms with E-state index < -0.39 is 17.5 Å². The van der Waals surface area contributed by atoms with E-state index in [1.54, 1.807) is 6.92 Å². The molecule has 0 saturated carbocycles. The molecule has 1 aromatic heterocycles. The van der Waals surface area contributed by atoms with Crippen LogP contribution in [0, 0.1) is 24.4 Å². The molecule has 2 aromatic rings. The van der Waals surface area contributed by atoms with Gasteiger partial charge in [-0.15, -0.1) is 0 Å². The highest BCUT2D eigenvalue weighted by atomic mass is 19.2. The van der Waals surface area contributed by atoms with Gasteiger partial charge < -0.3 is 10.6 Å². The van der Waals surface area contributed by atoms with Crippen molar-refractivity contribution in [3.8, 4) is 0 Å². The highest BCUT2D eigenvalue weighted by Gasteiger charge is 2.13. The maximum absolute atomic E-state index is 13.6. The number of hydrogen-bond donors (Lipinski definition) is 2. The Bertz CT molecular complexity index is 631. The molecule has 0 unspecified atom stereocenters. The van der Waals surface area contributed by atoms with E-state index in [-0.39, 0.29) is 11.5 Å². The van der Waals surface area contributed by atoms with E-state index in [0.29, 0.717) is 24.0 Å². The lowest BCUT2D eigenvalue weighted by Crippen LogP contribution is -2.06. The number of halogens is 3. The molecule has 0 saturated heterocycles. The normalized spacial score (nSPS) is 10.4. The second-order valence-electron chi connectivity index (χ2n) is 4.10. The van der Waals surface area contributed by atoms with Gasteiger partial charge in [-0.1, -0.05) is 0 Å². The molecule has 2 rings (SSSR count). The number of aromatic nitrogens is 2. The second kappa shape index (κ2) is 5.77. The molecular formula is C13H13F3N4. The molecule has 0 fully saturated rings. The summed E-state index contributed by atoms with van der Waals surface area (Å²) < 4.78 is 39.8. The molecule has 0 aliphatic heterocycles. The van der Waals surface area contributed by atoms with Crippen molar-refractivity contribution in [2.45, 2.75) is 13.8 Å². The zero-order chi connectivity index (χ0) is 14.7. The summed E-state index contributed by atoms with van der Waals surface area (Å²) in [5.74, 6) is -2.44. The Morgan fingerprint density at radius 2 is 1.80 bits per heavy atom. The smallest absolute Gasteiger partial charge is 0.182 e. The molecule has 0 bridgehead atoms. The predicted octanol–water partition coefficient (Wildman–Crippen LogP) is 3.38. The van der Waals surface area contributed by atoms with Gasteiger partial charge in [-0.2, -0.15) is 0 Å². The van der Waals surface area contributed by atoms with Crippen LogP contribution in [0.3, 0.4) is 0 Å². The van der Waals surface area contributed by atoms with Crippen LogP contribution in [0.2, 0.25) is 0 Å². The average molecular weight is 282 g/mol. The summed E-state index contributed by atoms with van der Waals surface area (Å²) in [4.78, 5) is 7.97. The molecule has 0 amide bonds. The van der Waals surface area contributed by atoms with Crippen molar-refractivity contribution in [3.63, 3.8) is 0 Å². The van der Waals surface area contributed by atoms with Gasteiger partial charge in [0.1, 0.15) is 23.8 Å². The van der Waals surface area contributed by atoms with E-state index in [2.05, 4.69) is 20.6 Å². The lowest BCUT2D eigenvalue weighted by atomic mass is 10.2. The fourth-order valence-corrected chi connectivity index (χ4v) is 1.70. The highest BCUT2D eigenvalue weighted by molar-refractivity contribution is 5.64. The monoisotopic (exact) mass is 282 g/mol. The molecule has 0 radical (unpaired) electrons. The average Bonchev–Trinajstić information content (AvgIpc) is 2.40. The van der Waals surface area contributed by atoms with Crippen LogP contribution in [0.4, 0.5) is 30.5 Å². The van der Waals surface area contributed by atoms with E-state index in [1.807, 2.05) is 6.92 Å². The van der Waals surface area contributed by atoms with Gasteiger partial charge in [0.05, 0.1) is 5.69 Å². The number of hydrogen-bond acceptors (Lipinski definition) is 4. The molecular weight excluding hydrogens is 269 g/mol. The minimum absolute atomic E-state index is 0.278. The van der Waals surface area contributed by atoms with Crippen LogP contribution in [0.15, 0.2) is 18.5 Å². The zero-order valence-corrected chi connectivity index (χ0v) is 11.0. The molecule has 7 heteroatoms. The van der Waals surface area contributed by atoms with Gasteiger partial charge in [0.15, 0.2) is 11.6 Å². The van der Waals surface area contributed by atoms with Gasteiger partial charge in [0, 0.05) is 24.2 Å². The van der Waals surface area contributed by atoms with Gasteiger partial charge in [0.25, 0.3) is 0 Å². The summed E-state index contributed by atoms with van der Waals surface area (Å²) in [6.45, 7) is 4.27. The minimum atomic E-state index is -1.26. The largest absolute Gasteiger partial charge is 0.370 e. The Kier molecular flexibility index (Phi) is 4.07. The Balaban J connectivity index is 2.38. The van der Waals surface area contributed by atoms with Gasteiger partial charge in [-0.25, -0.2) is 23.1 Å². The van der Waals surface area contributed by atoms with Crippen LogP contribution in [0.25, 0.3) is 0 Å². The maximum atomic E-state index is 13.6. The first-order valence-corrected chi connectivity index (χ1v) is 6.00. The Morgan fingerprint density at radius 3 is 2.50 bits per heavy atom. The summed E-state index contributed by atoms with van der Waals surface area (Å²) in [6, 6.07) is 1.35. The summed E-state index contributed by atoms with van der Waals surface area (Å²) >= 11 is 0. The van der Waals surface area contributed by atoms with Crippen molar-refractivity contribution < 1.29 is 13.2 Å². The topological polar surface area (TPSA) is 49.8 Å². The van der Waals surface area contributed by atoms with Crippen molar-refractivity contribution in [1.29, 1.82) is 0 Å². The van der Waals surface area contributed by atoms with Crippen molar-refractivity contribution in [2.75, 3.05) is 17.2 Å². The maximum Gasteiger partial charge on any atom is 0.182 e. The summed E-state index contributed by atoms with van der Waals surface area (Å²) in [5, 5.41) is 5.58. The molecule has 0 atom stereocenters. The van der Waals surface area contributed by atoms with E-state index in [0.717, 1.165) is 6.07 Å². The highest BCUT2D eigenvalue weighted by Crippen LogP contribution is 2.26. The van der Waals surface area contributed by atoms with Crippen LogP contribution < -0.4 is 10.6 Å². The van der Waals surface area contributed by atoms with Crippen molar-refractivity contribution in [2.24, 2.45) is 0 Å². The zero-order valence-electron chi connectivity index (χ0n) is 11.0. The van der Waals surface area contributed by atoms with Gasteiger partial charge >= 0.3 is 0 Å². The standard InChI is InChI=1S/C13H13F3N4/c1-3-17-12-7(2)13(19-6-18-12)20-10-5-8(14)4-9(15)11(10)16/h4-6H,3H2,1-2H3,(H2,17,18,19,20). The van der Waals surface area contributed by atoms with Crippen LogP contribution in [0.1, 0.15) is 12.5 Å². The second-order valence-corrected chi connectivity index (χ2v) is 4.10. The number of rotatable bonds is 4. The predicted molar refractivity (Wildman–Crippen MR) is 70.5 cm³/mol. The quantitative estimate of drug-likeness (QED) is 0.844. The van der Waals surface area contributed by atoms with Gasteiger partial charge in [-0.3, -0.25) is 0 Å². The third-order valence-corrected chi connectivity index (χ3v) is 2.67. The van der Waals surface area contributed by atoms with E-state index in [1.165, 1.54) is 6.33 Å². The molecule has 4 nitrogen and oxygen atoms in total. The fraction of sp³-hybridized carbons (Fsp3) is 0.231. The van der Waals surface area contributed by atoms with Crippen LogP contribution in [-0.4, -0.2) is 16.5 Å². The Hall–Kier alpha value is -2.31. The van der Waals surface area contributed by atoms with Crippen molar-refractivity contribution in [1.82, 2.24) is 9.97 Å². The number of nitrogens with zero attached hydrogens (tertiary/aromatic N) is 2. The van der Waals surface area contributed by atoms with Gasteiger partial charge in [-0.05, 0) is 13.8 Å². The number of anilines is 3. The van der Waals surface area contributed by atoms with Crippen LogP contribution >= 0.6 is 0 Å². The summed E-state index contributed by atoms with van der Waals surface area (Å²) in [6.07, 6.45) is 1.28. The molecule has 2 N–H and O–H groups in total. The van der Waals surface area contributed by atoms with Crippen LogP contribution in [0.5, 0.6) is 0 Å². The third kappa shape index (κ3) is 2.81. The molecule has 106 valence electrons. The first-order chi connectivity index (χ1) is 9.52. The van der Waals surface area contributed by atoms with Gasteiger partial charge in [0.2, 0.25) is 0 Å². The Morgan fingerprint density at radius 1 is 1.10 bits per heavy atom. The third-order valence-electron chi connectivity index (χ3n) is 2.67. The first kappa shape index (κ1) is 14.1. The molecule has 0 spiro atoms. The molecule has 20 heavy (non-hydrogen) atoms. The summed E-state index contributed by atoms with van der Waals surface area (Å²) in [7, 11) is 0. The fourth-order valence-electron chi connectivity index (χ4n) is 1.70.